The molecule has 0 bridgehead atoms. The van der Waals surface area contributed by atoms with E-state index in [-0.39, 0.29) is 11.8 Å². The predicted octanol–water partition coefficient (Wildman–Crippen LogP) is 3.26. The van der Waals surface area contributed by atoms with Crippen LogP contribution < -0.4 is 5.32 Å². The molecule has 0 aromatic heterocycles. The Labute approximate surface area is 128 Å². The van der Waals surface area contributed by atoms with Crippen LogP contribution in [0.2, 0.25) is 0 Å². The number of aliphatic carboxylic acids is 1. The van der Waals surface area contributed by atoms with Crippen molar-refractivity contribution >= 4 is 29.3 Å². The lowest BCUT2D eigenvalue weighted by atomic mass is 9.76. The number of nitrogens with one attached hydrogen (secondary N) is 1. The fraction of sp³-hybridized carbons (Fsp3) is 0.375. The summed E-state index contributed by atoms with van der Waals surface area (Å²) in [6.45, 7) is 1.89. The first kappa shape index (κ1) is 15.6. The fourth-order valence-corrected chi connectivity index (χ4v) is 3.27. The summed E-state index contributed by atoms with van der Waals surface area (Å²) in [5.74, 6) is -2.42. The van der Waals surface area contributed by atoms with Gasteiger partial charge in [-0.05, 0) is 30.7 Å². The van der Waals surface area contributed by atoms with Crippen molar-refractivity contribution in [2.24, 2.45) is 17.8 Å². The highest BCUT2D eigenvalue weighted by molar-refractivity contribution is 7.98. The summed E-state index contributed by atoms with van der Waals surface area (Å²) in [5.41, 5.74) is 0.737. The lowest BCUT2D eigenvalue weighted by Gasteiger charge is -2.29. The molecule has 1 aliphatic rings. The molecule has 1 aromatic carbocycles. The van der Waals surface area contributed by atoms with Crippen molar-refractivity contribution in [1.82, 2.24) is 0 Å². The molecule has 1 aliphatic carbocycles. The normalized spacial score (nSPS) is 24.6. The Morgan fingerprint density at radius 1 is 1.33 bits per heavy atom. The number of carboxylic acids is 1. The van der Waals surface area contributed by atoms with Crippen LogP contribution >= 0.6 is 11.8 Å². The summed E-state index contributed by atoms with van der Waals surface area (Å²) < 4.78 is 0. The minimum Gasteiger partial charge on any atom is -0.481 e. The number of hydrogen-bond acceptors (Lipinski definition) is 3. The van der Waals surface area contributed by atoms with Gasteiger partial charge in [-0.3, -0.25) is 9.59 Å². The van der Waals surface area contributed by atoms with Crippen molar-refractivity contribution in [2.45, 2.75) is 18.2 Å². The summed E-state index contributed by atoms with van der Waals surface area (Å²) in [5, 5.41) is 12.2. The van der Waals surface area contributed by atoms with E-state index < -0.39 is 17.8 Å². The van der Waals surface area contributed by atoms with E-state index in [0.29, 0.717) is 6.42 Å². The van der Waals surface area contributed by atoms with Crippen LogP contribution in [0.1, 0.15) is 13.3 Å². The second kappa shape index (κ2) is 6.80. The van der Waals surface area contributed by atoms with Crippen molar-refractivity contribution < 1.29 is 14.7 Å². The van der Waals surface area contributed by atoms with Gasteiger partial charge in [0.25, 0.3) is 0 Å². The third-order valence-corrected chi connectivity index (χ3v) is 4.61. The average molecular weight is 305 g/mol. The van der Waals surface area contributed by atoms with Crippen LogP contribution in [0, 0.1) is 17.8 Å². The number of benzene rings is 1. The van der Waals surface area contributed by atoms with Crippen LogP contribution in [0.25, 0.3) is 0 Å². The number of allylic oxidation sites excluding steroid dienone is 2. The summed E-state index contributed by atoms with van der Waals surface area (Å²) >= 11 is 1.55. The third kappa shape index (κ3) is 3.47. The molecule has 4 nitrogen and oxygen atoms in total. The molecule has 0 aliphatic heterocycles. The lowest BCUT2D eigenvalue weighted by molar-refractivity contribution is -0.147. The van der Waals surface area contributed by atoms with Crippen LogP contribution in [0.4, 0.5) is 5.69 Å². The first-order chi connectivity index (χ1) is 10.0. The molecule has 2 rings (SSSR count). The van der Waals surface area contributed by atoms with Gasteiger partial charge in [0, 0.05) is 4.90 Å². The molecule has 3 atom stereocenters. The maximum atomic E-state index is 12.5. The number of carbonyl (C=O) groups excluding carboxylic acids is 1. The van der Waals surface area contributed by atoms with Gasteiger partial charge in [0.2, 0.25) is 5.91 Å². The highest BCUT2D eigenvalue weighted by Crippen LogP contribution is 2.33. The quantitative estimate of drug-likeness (QED) is 0.662. The number of rotatable bonds is 4. The highest BCUT2D eigenvalue weighted by Gasteiger charge is 2.38. The molecule has 112 valence electrons. The van der Waals surface area contributed by atoms with Gasteiger partial charge >= 0.3 is 5.97 Å². The molecule has 0 saturated carbocycles. The lowest BCUT2D eigenvalue weighted by Crippen LogP contribution is -2.39. The fourth-order valence-electron chi connectivity index (χ4n) is 2.71. The minimum atomic E-state index is -0.912. The Morgan fingerprint density at radius 3 is 2.71 bits per heavy atom. The average Bonchev–Trinajstić information content (AvgIpc) is 2.47. The summed E-state index contributed by atoms with van der Waals surface area (Å²) in [4.78, 5) is 24.9. The van der Waals surface area contributed by atoms with Gasteiger partial charge in [-0.15, -0.1) is 11.8 Å². The number of hydrogen-bond donors (Lipinski definition) is 2. The zero-order valence-electron chi connectivity index (χ0n) is 12.1. The molecule has 5 heteroatoms. The molecule has 2 N–H and O–H groups in total. The highest BCUT2D eigenvalue weighted by atomic mass is 32.2. The van der Waals surface area contributed by atoms with E-state index in [1.807, 2.05) is 49.6 Å². The Morgan fingerprint density at radius 2 is 2.05 bits per heavy atom. The molecule has 21 heavy (non-hydrogen) atoms. The molecular formula is C16H19NO3S. The summed E-state index contributed by atoms with van der Waals surface area (Å²) in [7, 11) is 0. The zero-order valence-corrected chi connectivity index (χ0v) is 12.9. The van der Waals surface area contributed by atoms with Gasteiger partial charge < -0.3 is 10.4 Å². The monoisotopic (exact) mass is 305 g/mol. The van der Waals surface area contributed by atoms with E-state index in [9.17, 15) is 14.7 Å². The van der Waals surface area contributed by atoms with Gasteiger partial charge in [-0.2, -0.15) is 0 Å². The van der Waals surface area contributed by atoms with E-state index in [2.05, 4.69) is 5.32 Å². The Balaban J connectivity index is 2.21. The number of anilines is 1. The SMILES string of the molecule is CSc1ccccc1NC(=O)C1C(C)C=CCC1C(=O)O. The standard InChI is InChI=1S/C16H19NO3S/c1-10-6-5-7-11(16(19)20)14(10)15(18)17-12-8-3-4-9-13(12)21-2/h3-6,8-11,14H,7H2,1-2H3,(H,17,18)(H,19,20). The first-order valence-corrected chi connectivity index (χ1v) is 8.10. The Bertz CT molecular complexity index is 570. The number of thioether (sulfide) groups is 1. The van der Waals surface area contributed by atoms with Gasteiger partial charge in [0.05, 0.1) is 17.5 Å². The molecule has 0 saturated heterocycles. The number of carboxylic acid groups (broad SMARTS) is 1. The molecule has 0 spiro atoms. The predicted molar refractivity (Wildman–Crippen MR) is 84.4 cm³/mol. The van der Waals surface area contributed by atoms with Crippen molar-refractivity contribution in [2.75, 3.05) is 11.6 Å². The second-order valence-electron chi connectivity index (χ2n) is 5.18. The van der Waals surface area contributed by atoms with Crippen LogP contribution in [-0.4, -0.2) is 23.2 Å². The molecule has 0 radical (unpaired) electrons. The Hall–Kier alpha value is -1.75. The van der Waals surface area contributed by atoms with Crippen LogP contribution in [-0.2, 0) is 9.59 Å². The van der Waals surface area contributed by atoms with Crippen molar-refractivity contribution in [3.8, 4) is 0 Å². The van der Waals surface area contributed by atoms with Crippen molar-refractivity contribution in [3.63, 3.8) is 0 Å². The number of carbonyl (C=O) groups is 2. The number of amides is 1. The van der Waals surface area contributed by atoms with E-state index >= 15 is 0 Å². The smallest absolute Gasteiger partial charge is 0.307 e. The van der Waals surface area contributed by atoms with E-state index in [4.69, 9.17) is 0 Å². The molecular weight excluding hydrogens is 286 g/mol. The van der Waals surface area contributed by atoms with E-state index in [0.717, 1.165) is 10.6 Å². The summed E-state index contributed by atoms with van der Waals surface area (Å²) in [6, 6.07) is 7.53. The van der Waals surface area contributed by atoms with Gasteiger partial charge in [0.15, 0.2) is 0 Å². The first-order valence-electron chi connectivity index (χ1n) is 6.88. The van der Waals surface area contributed by atoms with E-state index in [1.165, 1.54) is 0 Å². The summed E-state index contributed by atoms with van der Waals surface area (Å²) in [6.07, 6.45) is 6.12. The third-order valence-electron chi connectivity index (χ3n) is 3.81. The van der Waals surface area contributed by atoms with Gasteiger partial charge in [0.1, 0.15) is 0 Å². The van der Waals surface area contributed by atoms with Crippen molar-refractivity contribution in [1.29, 1.82) is 0 Å². The molecule has 3 unspecified atom stereocenters. The largest absolute Gasteiger partial charge is 0.481 e. The minimum absolute atomic E-state index is 0.0821. The molecule has 1 amide bonds. The van der Waals surface area contributed by atoms with Crippen LogP contribution in [0.3, 0.4) is 0 Å². The van der Waals surface area contributed by atoms with Gasteiger partial charge in [-0.1, -0.05) is 31.2 Å². The maximum absolute atomic E-state index is 12.5. The zero-order chi connectivity index (χ0) is 15.4. The van der Waals surface area contributed by atoms with Crippen LogP contribution in [0.5, 0.6) is 0 Å². The topological polar surface area (TPSA) is 66.4 Å². The second-order valence-corrected chi connectivity index (χ2v) is 6.03. The molecule has 0 fully saturated rings. The Kier molecular flexibility index (Phi) is 5.07. The van der Waals surface area contributed by atoms with Gasteiger partial charge in [-0.25, -0.2) is 0 Å². The maximum Gasteiger partial charge on any atom is 0.307 e. The van der Waals surface area contributed by atoms with E-state index in [1.54, 1.807) is 11.8 Å². The molecule has 1 aromatic rings. The number of para-hydroxylation sites is 1. The van der Waals surface area contributed by atoms with Crippen LogP contribution in [0.15, 0.2) is 41.3 Å². The van der Waals surface area contributed by atoms with Crippen molar-refractivity contribution in [3.05, 3.63) is 36.4 Å². The molecule has 0 heterocycles.